The second-order valence-corrected chi connectivity index (χ2v) is 6.40. The monoisotopic (exact) mass is 312 g/mol. The Morgan fingerprint density at radius 3 is 2.96 bits per heavy atom. The van der Waals surface area contributed by atoms with E-state index in [-0.39, 0.29) is 6.04 Å². The summed E-state index contributed by atoms with van der Waals surface area (Å²) in [6, 6.07) is 9.01. The number of aromatic nitrogens is 2. The number of nitrogens with zero attached hydrogens (tertiary/aromatic N) is 3. The first-order valence-corrected chi connectivity index (χ1v) is 8.45. The normalized spacial score (nSPS) is 22.0. The smallest absolute Gasteiger partial charge is 0.0754 e. The highest BCUT2D eigenvalue weighted by atomic mass is 16.5. The Hall–Kier alpha value is -1.69. The third-order valence-electron chi connectivity index (χ3n) is 4.94. The summed E-state index contributed by atoms with van der Waals surface area (Å²) in [5.74, 6) is 0. The van der Waals surface area contributed by atoms with Crippen LogP contribution in [0.4, 0.5) is 0 Å². The van der Waals surface area contributed by atoms with E-state index in [4.69, 9.17) is 4.74 Å². The Labute approximate surface area is 137 Å². The molecule has 1 aromatic carbocycles. The second-order valence-electron chi connectivity index (χ2n) is 6.40. The van der Waals surface area contributed by atoms with Crippen LogP contribution in [0.25, 0.3) is 0 Å². The maximum absolute atomic E-state index is 5.46. The largest absolute Gasteiger partial charge is 0.379 e. The molecule has 3 heterocycles. The van der Waals surface area contributed by atoms with Gasteiger partial charge in [0, 0.05) is 38.8 Å². The molecule has 0 aliphatic carbocycles. The molecule has 0 amide bonds. The van der Waals surface area contributed by atoms with Crippen molar-refractivity contribution in [2.75, 3.05) is 32.8 Å². The van der Waals surface area contributed by atoms with Crippen molar-refractivity contribution in [3.63, 3.8) is 0 Å². The molecule has 23 heavy (non-hydrogen) atoms. The van der Waals surface area contributed by atoms with Gasteiger partial charge in [0.15, 0.2) is 0 Å². The standard InChI is InChI=1S/C18H24N4O/c1-21-18(15(12-20-21)13-22-8-10-23-11-9-22)17-16-5-3-2-4-14(16)6-7-19-17/h2-5,12,17,19H,6-11,13H2,1H3/t17-/m0/s1. The lowest BCUT2D eigenvalue weighted by Gasteiger charge is -2.30. The number of fused-ring (bicyclic) bond motifs is 1. The van der Waals surface area contributed by atoms with E-state index in [1.165, 1.54) is 22.4 Å². The minimum Gasteiger partial charge on any atom is -0.379 e. The fourth-order valence-corrected chi connectivity index (χ4v) is 3.74. The van der Waals surface area contributed by atoms with Gasteiger partial charge in [-0.3, -0.25) is 9.58 Å². The quantitative estimate of drug-likeness (QED) is 0.932. The zero-order valence-corrected chi connectivity index (χ0v) is 13.7. The highest BCUT2D eigenvalue weighted by Gasteiger charge is 2.26. The van der Waals surface area contributed by atoms with Crippen LogP contribution < -0.4 is 5.32 Å². The van der Waals surface area contributed by atoms with Crippen LogP contribution in [0.3, 0.4) is 0 Å². The molecular weight excluding hydrogens is 288 g/mol. The fraction of sp³-hybridized carbons (Fsp3) is 0.500. The Bertz CT molecular complexity index is 675. The molecule has 0 bridgehead atoms. The van der Waals surface area contributed by atoms with Gasteiger partial charge in [-0.05, 0) is 17.5 Å². The van der Waals surface area contributed by atoms with Crippen molar-refractivity contribution >= 4 is 0 Å². The Kier molecular flexibility index (Phi) is 4.16. The van der Waals surface area contributed by atoms with Crippen molar-refractivity contribution < 1.29 is 4.74 Å². The molecule has 2 aliphatic heterocycles. The third kappa shape index (κ3) is 2.92. The third-order valence-corrected chi connectivity index (χ3v) is 4.94. The lowest BCUT2D eigenvalue weighted by atomic mass is 9.91. The fourth-order valence-electron chi connectivity index (χ4n) is 3.74. The minimum atomic E-state index is 0.239. The van der Waals surface area contributed by atoms with Crippen LogP contribution in [0.2, 0.25) is 0 Å². The molecule has 0 saturated carbocycles. The van der Waals surface area contributed by atoms with Gasteiger partial charge in [-0.15, -0.1) is 0 Å². The van der Waals surface area contributed by atoms with Crippen LogP contribution in [0.5, 0.6) is 0 Å². The Morgan fingerprint density at radius 1 is 1.26 bits per heavy atom. The number of hydrogen-bond acceptors (Lipinski definition) is 4. The molecular formula is C18H24N4O. The van der Waals surface area contributed by atoms with E-state index in [0.717, 1.165) is 45.8 Å². The average molecular weight is 312 g/mol. The topological polar surface area (TPSA) is 42.3 Å². The molecule has 1 aromatic heterocycles. The lowest BCUT2D eigenvalue weighted by Crippen LogP contribution is -2.37. The summed E-state index contributed by atoms with van der Waals surface area (Å²) in [4.78, 5) is 2.46. The molecule has 2 aliphatic rings. The maximum atomic E-state index is 5.46. The predicted octanol–water partition coefficient (Wildman–Crippen LogP) is 1.49. The zero-order valence-electron chi connectivity index (χ0n) is 13.7. The molecule has 2 aromatic rings. The summed E-state index contributed by atoms with van der Waals surface area (Å²) in [7, 11) is 2.05. The summed E-state index contributed by atoms with van der Waals surface area (Å²) in [5.41, 5.74) is 5.47. The minimum absolute atomic E-state index is 0.239. The molecule has 0 unspecified atom stereocenters. The zero-order chi connectivity index (χ0) is 15.6. The number of morpholine rings is 1. The molecule has 1 fully saturated rings. The summed E-state index contributed by atoms with van der Waals surface area (Å²) < 4.78 is 7.50. The first-order valence-electron chi connectivity index (χ1n) is 8.45. The van der Waals surface area contributed by atoms with Gasteiger partial charge < -0.3 is 10.1 Å². The Morgan fingerprint density at radius 2 is 2.09 bits per heavy atom. The molecule has 1 N–H and O–H groups in total. The number of nitrogens with one attached hydrogen (secondary N) is 1. The molecule has 5 heteroatoms. The molecule has 4 rings (SSSR count). The summed E-state index contributed by atoms with van der Waals surface area (Å²) in [6.45, 7) is 5.64. The van der Waals surface area contributed by atoms with Gasteiger partial charge in [-0.2, -0.15) is 5.10 Å². The summed E-state index contributed by atoms with van der Waals surface area (Å²) in [5, 5.41) is 8.24. The van der Waals surface area contributed by atoms with Crippen molar-refractivity contribution in [1.82, 2.24) is 20.0 Å². The number of benzene rings is 1. The van der Waals surface area contributed by atoms with E-state index < -0.39 is 0 Å². The van der Waals surface area contributed by atoms with Crippen molar-refractivity contribution in [2.24, 2.45) is 7.05 Å². The average Bonchev–Trinajstić information content (AvgIpc) is 2.95. The van der Waals surface area contributed by atoms with Crippen molar-refractivity contribution in [1.29, 1.82) is 0 Å². The van der Waals surface area contributed by atoms with E-state index in [9.17, 15) is 0 Å². The van der Waals surface area contributed by atoms with Crippen LogP contribution >= 0.6 is 0 Å². The van der Waals surface area contributed by atoms with Crippen LogP contribution in [-0.2, 0) is 24.8 Å². The van der Waals surface area contributed by atoms with Gasteiger partial charge >= 0.3 is 0 Å². The number of rotatable bonds is 3. The van der Waals surface area contributed by atoms with Gasteiger partial charge in [-0.1, -0.05) is 24.3 Å². The van der Waals surface area contributed by atoms with Crippen LogP contribution in [0, 0.1) is 0 Å². The molecule has 5 nitrogen and oxygen atoms in total. The van der Waals surface area contributed by atoms with E-state index >= 15 is 0 Å². The predicted molar refractivity (Wildman–Crippen MR) is 89.3 cm³/mol. The molecule has 0 spiro atoms. The number of aryl methyl sites for hydroxylation is 1. The number of ether oxygens (including phenoxy) is 1. The van der Waals surface area contributed by atoms with Gasteiger partial charge in [0.2, 0.25) is 0 Å². The molecule has 0 radical (unpaired) electrons. The van der Waals surface area contributed by atoms with E-state index in [1.54, 1.807) is 0 Å². The highest BCUT2D eigenvalue weighted by molar-refractivity contribution is 5.39. The van der Waals surface area contributed by atoms with Crippen molar-refractivity contribution in [3.05, 3.63) is 52.8 Å². The maximum Gasteiger partial charge on any atom is 0.0754 e. The molecule has 1 atom stereocenters. The summed E-state index contributed by atoms with van der Waals surface area (Å²) in [6.07, 6.45) is 3.13. The SMILES string of the molecule is Cn1ncc(CN2CCOCC2)c1[C@H]1NCCc2ccccc21. The molecule has 122 valence electrons. The lowest BCUT2D eigenvalue weighted by molar-refractivity contribution is 0.0340. The van der Waals surface area contributed by atoms with Crippen LogP contribution in [0.1, 0.15) is 28.4 Å². The molecule has 1 saturated heterocycles. The highest BCUT2D eigenvalue weighted by Crippen LogP contribution is 2.30. The second kappa shape index (κ2) is 6.43. The van der Waals surface area contributed by atoms with Crippen LogP contribution in [0.15, 0.2) is 30.5 Å². The van der Waals surface area contributed by atoms with Gasteiger partial charge in [-0.25, -0.2) is 0 Å². The Balaban J connectivity index is 1.65. The first kappa shape index (κ1) is 14.9. The van der Waals surface area contributed by atoms with E-state index in [2.05, 4.69) is 46.6 Å². The van der Waals surface area contributed by atoms with Crippen LogP contribution in [-0.4, -0.2) is 47.5 Å². The number of hydrogen-bond donors (Lipinski definition) is 1. The van der Waals surface area contributed by atoms with Gasteiger partial charge in [0.1, 0.15) is 0 Å². The summed E-state index contributed by atoms with van der Waals surface area (Å²) >= 11 is 0. The van der Waals surface area contributed by atoms with Gasteiger partial charge in [0.05, 0.1) is 31.1 Å². The van der Waals surface area contributed by atoms with Crippen molar-refractivity contribution in [3.8, 4) is 0 Å². The van der Waals surface area contributed by atoms with E-state index in [1.807, 2.05) is 10.9 Å². The first-order chi connectivity index (χ1) is 11.3. The van der Waals surface area contributed by atoms with E-state index in [0.29, 0.717) is 0 Å². The van der Waals surface area contributed by atoms with Gasteiger partial charge in [0.25, 0.3) is 0 Å². The van der Waals surface area contributed by atoms with Crippen molar-refractivity contribution in [2.45, 2.75) is 19.0 Å².